The molecule has 0 saturated heterocycles. The number of thioether (sulfide) groups is 1. The summed E-state index contributed by atoms with van der Waals surface area (Å²) in [7, 11) is 0. The zero-order valence-electron chi connectivity index (χ0n) is 13.6. The SMILES string of the molecule is Clc1ccccc1-c1nnc(SCc2ncon2)n1Cc1ccccc1. The lowest BCUT2D eigenvalue weighted by Gasteiger charge is -2.11. The lowest BCUT2D eigenvalue weighted by molar-refractivity contribution is 0.412. The van der Waals surface area contributed by atoms with Crippen molar-refractivity contribution in [3.63, 3.8) is 0 Å². The molecule has 0 amide bonds. The average Bonchev–Trinajstić information content (AvgIpc) is 3.32. The summed E-state index contributed by atoms with van der Waals surface area (Å²) in [6, 6.07) is 17.8. The van der Waals surface area contributed by atoms with Crippen LogP contribution in [0.1, 0.15) is 11.4 Å². The van der Waals surface area contributed by atoms with Crippen molar-refractivity contribution in [2.75, 3.05) is 0 Å². The summed E-state index contributed by atoms with van der Waals surface area (Å²) >= 11 is 7.89. The van der Waals surface area contributed by atoms with Crippen LogP contribution in [0.5, 0.6) is 0 Å². The molecule has 2 heterocycles. The van der Waals surface area contributed by atoms with Gasteiger partial charge in [-0.2, -0.15) is 4.98 Å². The summed E-state index contributed by atoms with van der Waals surface area (Å²) in [5, 5.41) is 14.0. The van der Waals surface area contributed by atoms with Crippen LogP contribution in [0.4, 0.5) is 0 Å². The lowest BCUT2D eigenvalue weighted by atomic mass is 10.2. The highest BCUT2D eigenvalue weighted by Gasteiger charge is 2.17. The van der Waals surface area contributed by atoms with E-state index in [4.69, 9.17) is 16.1 Å². The Morgan fingerprint density at radius 1 is 1.00 bits per heavy atom. The molecule has 0 aliphatic carbocycles. The van der Waals surface area contributed by atoms with Gasteiger partial charge in [0.15, 0.2) is 16.8 Å². The smallest absolute Gasteiger partial charge is 0.213 e. The highest BCUT2D eigenvalue weighted by molar-refractivity contribution is 7.98. The highest BCUT2D eigenvalue weighted by atomic mass is 35.5. The van der Waals surface area contributed by atoms with E-state index in [1.54, 1.807) is 0 Å². The van der Waals surface area contributed by atoms with Gasteiger partial charge in [-0.05, 0) is 17.7 Å². The second-order valence-corrected chi connectivity index (χ2v) is 6.84. The molecule has 0 fully saturated rings. The van der Waals surface area contributed by atoms with Crippen LogP contribution in [-0.4, -0.2) is 24.9 Å². The van der Waals surface area contributed by atoms with E-state index < -0.39 is 0 Å². The molecule has 0 aliphatic heterocycles. The number of aromatic nitrogens is 5. The predicted octanol–water partition coefficient (Wildman–Crippen LogP) is 4.32. The molecule has 2 aromatic carbocycles. The van der Waals surface area contributed by atoms with Gasteiger partial charge >= 0.3 is 0 Å². The summed E-state index contributed by atoms with van der Waals surface area (Å²) < 4.78 is 6.84. The van der Waals surface area contributed by atoms with Gasteiger partial charge in [-0.15, -0.1) is 10.2 Å². The maximum atomic E-state index is 6.38. The summed E-state index contributed by atoms with van der Waals surface area (Å²) in [5.41, 5.74) is 2.01. The fourth-order valence-electron chi connectivity index (χ4n) is 2.53. The first-order valence-corrected chi connectivity index (χ1v) is 9.27. The van der Waals surface area contributed by atoms with Crippen molar-refractivity contribution in [3.05, 3.63) is 77.4 Å². The van der Waals surface area contributed by atoms with Crippen molar-refractivity contribution >= 4 is 23.4 Å². The molecule has 8 heteroatoms. The van der Waals surface area contributed by atoms with Crippen molar-refractivity contribution in [2.45, 2.75) is 17.5 Å². The van der Waals surface area contributed by atoms with E-state index in [0.717, 1.165) is 22.1 Å². The first kappa shape index (κ1) is 16.8. The van der Waals surface area contributed by atoms with E-state index in [9.17, 15) is 0 Å². The minimum atomic E-state index is 0.548. The Bertz CT molecular complexity index is 988. The lowest BCUT2D eigenvalue weighted by Crippen LogP contribution is -2.04. The van der Waals surface area contributed by atoms with Crippen LogP contribution in [0.25, 0.3) is 11.4 Å². The normalized spacial score (nSPS) is 11.0. The van der Waals surface area contributed by atoms with Crippen LogP contribution in [0.3, 0.4) is 0 Å². The third-order valence-electron chi connectivity index (χ3n) is 3.75. The van der Waals surface area contributed by atoms with Gasteiger partial charge in [-0.25, -0.2) is 0 Å². The molecular weight excluding hydrogens is 370 g/mol. The molecular formula is C18H14ClN5OS. The molecule has 0 unspecified atom stereocenters. The van der Waals surface area contributed by atoms with Crippen LogP contribution in [0.2, 0.25) is 5.02 Å². The minimum absolute atomic E-state index is 0.548. The molecule has 0 spiro atoms. The Labute approximate surface area is 159 Å². The van der Waals surface area contributed by atoms with Crippen LogP contribution < -0.4 is 0 Å². The van der Waals surface area contributed by atoms with Gasteiger partial charge in [-0.3, -0.25) is 4.57 Å². The monoisotopic (exact) mass is 383 g/mol. The minimum Gasteiger partial charge on any atom is -0.343 e. The molecule has 130 valence electrons. The third kappa shape index (κ3) is 3.63. The Morgan fingerprint density at radius 2 is 1.81 bits per heavy atom. The number of nitrogens with zero attached hydrogens (tertiary/aromatic N) is 5. The van der Waals surface area contributed by atoms with E-state index in [-0.39, 0.29) is 0 Å². The third-order valence-corrected chi connectivity index (χ3v) is 5.04. The number of benzene rings is 2. The Balaban J connectivity index is 1.70. The predicted molar refractivity (Wildman–Crippen MR) is 99.9 cm³/mol. The standard InChI is InChI=1S/C18H14ClN5OS/c19-15-9-5-4-8-14(15)17-21-22-18(26-11-16-20-12-25-23-16)24(17)10-13-6-2-1-3-7-13/h1-9,12H,10-11H2. The molecule has 0 bridgehead atoms. The summed E-state index contributed by atoms with van der Waals surface area (Å²) in [5.74, 6) is 1.89. The number of halogens is 1. The highest BCUT2D eigenvalue weighted by Crippen LogP contribution is 2.30. The first-order valence-electron chi connectivity index (χ1n) is 7.91. The van der Waals surface area contributed by atoms with Crippen molar-refractivity contribution in [3.8, 4) is 11.4 Å². The van der Waals surface area contributed by atoms with Gasteiger partial charge in [0.25, 0.3) is 0 Å². The van der Waals surface area contributed by atoms with Gasteiger partial charge < -0.3 is 4.52 Å². The molecule has 0 aliphatic rings. The van der Waals surface area contributed by atoms with Gasteiger partial charge in [0, 0.05) is 5.56 Å². The molecule has 0 N–H and O–H groups in total. The molecule has 6 nitrogen and oxygen atoms in total. The molecule has 0 atom stereocenters. The fraction of sp³-hybridized carbons (Fsp3) is 0.111. The van der Waals surface area contributed by atoms with E-state index in [0.29, 0.717) is 23.1 Å². The summed E-state index contributed by atoms with van der Waals surface area (Å²) in [6.07, 6.45) is 1.32. The van der Waals surface area contributed by atoms with E-state index in [2.05, 4.69) is 37.0 Å². The molecule has 0 radical (unpaired) electrons. The van der Waals surface area contributed by atoms with Crippen molar-refractivity contribution in [1.82, 2.24) is 24.9 Å². The Hall–Kier alpha value is -2.64. The zero-order chi connectivity index (χ0) is 17.8. The molecule has 26 heavy (non-hydrogen) atoms. The first-order chi connectivity index (χ1) is 12.8. The van der Waals surface area contributed by atoms with Gasteiger partial charge in [0.05, 0.1) is 17.3 Å². The van der Waals surface area contributed by atoms with Crippen LogP contribution in [-0.2, 0) is 12.3 Å². The summed E-state index contributed by atoms with van der Waals surface area (Å²) in [6.45, 7) is 0.642. The topological polar surface area (TPSA) is 69.6 Å². The van der Waals surface area contributed by atoms with Gasteiger partial charge in [-0.1, -0.05) is 71.0 Å². The van der Waals surface area contributed by atoms with Crippen molar-refractivity contribution in [2.24, 2.45) is 0 Å². The molecule has 4 rings (SSSR count). The second-order valence-electron chi connectivity index (χ2n) is 5.49. The fourth-order valence-corrected chi connectivity index (χ4v) is 3.54. The number of hydrogen-bond donors (Lipinski definition) is 0. The summed E-state index contributed by atoms with van der Waals surface area (Å²) in [4.78, 5) is 4.05. The number of rotatable bonds is 6. The van der Waals surface area contributed by atoms with Crippen LogP contribution >= 0.6 is 23.4 Å². The average molecular weight is 384 g/mol. The zero-order valence-corrected chi connectivity index (χ0v) is 15.2. The number of hydrogen-bond acceptors (Lipinski definition) is 6. The Morgan fingerprint density at radius 3 is 2.58 bits per heavy atom. The van der Waals surface area contributed by atoms with Crippen LogP contribution in [0, 0.1) is 0 Å². The largest absolute Gasteiger partial charge is 0.343 e. The van der Waals surface area contributed by atoms with E-state index in [1.165, 1.54) is 18.2 Å². The van der Waals surface area contributed by atoms with Gasteiger partial charge in [0.2, 0.25) is 6.39 Å². The van der Waals surface area contributed by atoms with Crippen LogP contribution in [0.15, 0.2) is 70.7 Å². The molecule has 0 saturated carbocycles. The molecule has 2 aromatic heterocycles. The maximum absolute atomic E-state index is 6.38. The van der Waals surface area contributed by atoms with Gasteiger partial charge in [0.1, 0.15) is 0 Å². The maximum Gasteiger partial charge on any atom is 0.213 e. The van der Waals surface area contributed by atoms with Crippen molar-refractivity contribution < 1.29 is 4.52 Å². The van der Waals surface area contributed by atoms with E-state index in [1.807, 2.05) is 42.5 Å². The van der Waals surface area contributed by atoms with Crippen molar-refractivity contribution in [1.29, 1.82) is 0 Å². The van der Waals surface area contributed by atoms with E-state index >= 15 is 0 Å². The molecule has 4 aromatic rings. The Kier molecular flexibility index (Phi) is 4.99. The second kappa shape index (κ2) is 7.72. The quantitative estimate of drug-likeness (QED) is 0.462.